The molecule has 0 radical (unpaired) electrons. The normalized spacial score (nSPS) is 15.6. The van der Waals surface area contributed by atoms with E-state index in [1.165, 1.54) is 34.1 Å². The Balaban J connectivity index is 1.45. The maximum Gasteiger partial charge on any atom is 0.296 e. The molecule has 1 amide bonds. The van der Waals surface area contributed by atoms with Crippen molar-refractivity contribution in [1.29, 1.82) is 0 Å². The van der Waals surface area contributed by atoms with E-state index < -0.39 is 23.5 Å². The molecule has 0 spiro atoms. The van der Waals surface area contributed by atoms with E-state index in [1.807, 2.05) is 72.8 Å². The Kier molecular flexibility index (Phi) is 8.09. The molecule has 1 unspecified atom stereocenters. The lowest BCUT2D eigenvalue weighted by molar-refractivity contribution is -0.117. The molecule has 1 aliphatic heterocycles. The second-order valence-corrected chi connectivity index (χ2v) is 11.8. The van der Waals surface area contributed by atoms with E-state index in [4.69, 9.17) is 11.6 Å². The molecule has 0 saturated carbocycles. The molecule has 10 heteroatoms. The van der Waals surface area contributed by atoms with E-state index in [0.717, 1.165) is 15.6 Å². The second kappa shape index (κ2) is 11.7. The molecule has 0 bridgehead atoms. The number of allylic oxidation sites excluding steroid dienone is 1. The molecule has 0 saturated heterocycles. The number of hydrogen-bond acceptors (Lipinski definition) is 7. The molecule has 5 rings (SSSR count). The second-order valence-electron chi connectivity index (χ2n) is 8.27. The van der Waals surface area contributed by atoms with Crippen LogP contribution >= 0.6 is 50.6 Å². The molecule has 1 aromatic heterocycles. The van der Waals surface area contributed by atoms with E-state index in [-0.39, 0.29) is 5.57 Å². The van der Waals surface area contributed by atoms with Crippen LogP contribution in [0.15, 0.2) is 105 Å². The molecular formula is C28H19BrClN3O3S2. The molecule has 38 heavy (non-hydrogen) atoms. The third-order valence-electron chi connectivity index (χ3n) is 5.74. The van der Waals surface area contributed by atoms with Gasteiger partial charge in [0, 0.05) is 15.2 Å². The molecule has 2 heterocycles. The molecule has 190 valence electrons. The van der Waals surface area contributed by atoms with Crippen molar-refractivity contribution in [3.05, 3.63) is 122 Å². The standard InChI is InChI=1S/C28H19BrClN3O3S2/c29-20-8-4-7-19(15-20)24-23(22(34)14-11-17-5-2-1-3-6-17)25(35)26(36)33(24)27-31-32-28(38-27)37-16-18-9-12-21(30)13-10-18/h1-15,24,35H,16H2/b14-11+. The number of thioether (sulfide) groups is 1. The van der Waals surface area contributed by atoms with E-state index in [9.17, 15) is 14.7 Å². The summed E-state index contributed by atoms with van der Waals surface area (Å²) in [7, 11) is 0. The van der Waals surface area contributed by atoms with Crippen molar-refractivity contribution in [3.8, 4) is 0 Å². The predicted molar refractivity (Wildman–Crippen MR) is 155 cm³/mol. The Morgan fingerprint density at radius 1 is 1.08 bits per heavy atom. The third kappa shape index (κ3) is 5.76. The zero-order valence-corrected chi connectivity index (χ0v) is 23.6. The topological polar surface area (TPSA) is 83.4 Å². The number of nitrogens with zero attached hydrogens (tertiary/aromatic N) is 3. The van der Waals surface area contributed by atoms with Crippen molar-refractivity contribution < 1.29 is 14.7 Å². The summed E-state index contributed by atoms with van der Waals surface area (Å²) in [4.78, 5) is 28.0. The van der Waals surface area contributed by atoms with Crippen LogP contribution in [0.5, 0.6) is 0 Å². The third-order valence-corrected chi connectivity index (χ3v) is 8.61. The van der Waals surface area contributed by atoms with Gasteiger partial charge in [0.2, 0.25) is 5.13 Å². The number of aliphatic hydroxyl groups excluding tert-OH is 1. The summed E-state index contributed by atoms with van der Waals surface area (Å²) in [6.07, 6.45) is 3.03. The number of benzene rings is 3. The number of aliphatic hydroxyl groups is 1. The Morgan fingerprint density at radius 3 is 2.58 bits per heavy atom. The molecule has 1 atom stereocenters. The van der Waals surface area contributed by atoms with Crippen LogP contribution in [0.4, 0.5) is 5.13 Å². The molecule has 4 aromatic rings. The summed E-state index contributed by atoms with van der Waals surface area (Å²) < 4.78 is 1.43. The maximum absolute atomic E-state index is 13.4. The monoisotopic (exact) mass is 623 g/mol. The zero-order valence-electron chi connectivity index (χ0n) is 19.6. The van der Waals surface area contributed by atoms with Crippen molar-refractivity contribution >= 4 is 73.5 Å². The molecule has 3 aromatic carbocycles. The maximum atomic E-state index is 13.4. The summed E-state index contributed by atoms with van der Waals surface area (Å²) in [5.74, 6) is -1.11. The minimum atomic E-state index is -0.866. The number of anilines is 1. The molecule has 0 aliphatic carbocycles. The Labute approximate surface area is 240 Å². The fourth-order valence-corrected chi connectivity index (χ4v) is 6.32. The van der Waals surface area contributed by atoms with Crippen LogP contribution in [0, 0.1) is 0 Å². The molecule has 1 aliphatic rings. The van der Waals surface area contributed by atoms with E-state index in [1.54, 1.807) is 12.1 Å². The Hall–Kier alpha value is -3.24. The highest BCUT2D eigenvalue weighted by molar-refractivity contribution is 9.10. The van der Waals surface area contributed by atoms with Gasteiger partial charge in [-0.05, 0) is 47.0 Å². The van der Waals surface area contributed by atoms with Gasteiger partial charge in [0.25, 0.3) is 5.91 Å². The average molecular weight is 625 g/mol. The Morgan fingerprint density at radius 2 is 1.84 bits per heavy atom. The van der Waals surface area contributed by atoms with E-state index in [0.29, 0.717) is 25.8 Å². The van der Waals surface area contributed by atoms with E-state index >= 15 is 0 Å². The van der Waals surface area contributed by atoms with Crippen LogP contribution in [0.2, 0.25) is 5.02 Å². The first kappa shape index (κ1) is 26.4. The van der Waals surface area contributed by atoms with E-state index in [2.05, 4.69) is 26.1 Å². The summed E-state index contributed by atoms with van der Waals surface area (Å²) in [6.45, 7) is 0. The summed E-state index contributed by atoms with van der Waals surface area (Å²) >= 11 is 12.1. The average Bonchev–Trinajstić information content (AvgIpc) is 3.49. The quantitative estimate of drug-likeness (QED) is 0.125. The fourth-order valence-electron chi connectivity index (χ4n) is 3.96. The summed E-state index contributed by atoms with van der Waals surface area (Å²) in [6, 6.07) is 23.3. The van der Waals surface area contributed by atoms with Gasteiger partial charge in [-0.15, -0.1) is 10.2 Å². The predicted octanol–water partition coefficient (Wildman–Crippen LogP) is 7.43. The van der Waals surface area contributed by atoms with Crippen molar-refractivity contribution in [3.63, 3.8) is 0 Å². The molecular weight excluding hydrogens is 606 g/mol. The minimum Gasteiger partial charge on any atom is -0.503 e. The van der Waals surface area contributed by atoms with Crippen LogP contribution in [-0.2, 0) is 15.3 Å². The van der Waals surface area contributed by atoms with Crippen molar-refractivity contribution in [2.75, 3.05) is 4.90 Å². The Bertz CT molecular complexity index is 1560. The number of rotatable bonds is 8. The van der Waals surface area contributed by atoms with Crippen molar-refractivity contribution in [2.24, 2.45) is 0 Å². The fraction of sp³-hybridized carbons (Fsp3) is 0.0714. The number of ketones is 1. The van der Waals surface area contributed by atoms with Crippen LogP contribution in [0.3, 0.4) is 0 Å². The first-order chi connectivity index (χ1) is 18.4. The molecule has 1 N–H and O–H groups in total. The zero-order chi connectivity index (χ0) is 26.6. The van der Waals surface area contributed by atoms with Crippen molar-refractivity contribution in [1.82, 2.24) is 10.2 Å². The largest absolute Gasteiger partial charge is 0.503 e. The van der Waals surface area contributed by atoms with Crippen LogP contribution in [0.1, 0.15) is 22.7 Å². The van der Waals surface area contributed by atoms with Crippen molar-refractivity contribution in [2.45, 2.75) is 16.1 Å². The summed E-state index contributed by atoms with van der Waals surface area (Å²) in [5.41, 5.74) is 2.54. The number of carbonyl (C=O) groups excluding carboxylic acids is 2. The molecule has 0 fully saturated rings. The minimum absolute atomic E-state index is 0.00847. The lowest BCUT2D eigenvalue weighted by Crippen LogP contribution is -2.30. The van der Waals surface area contributed by atoms with Gasteiger partial charge in [-0.25, -0.2) is 0 Å². The number of hydrogen-bond donors (Lipinski definition) is 1. The van der Waals surface area contributed by atoms with Gasteiger partial charge in [-0.3, -0.25) is 14.5 Å². The van der Waals surface area contributed by atoms with Crippen LogP contribution in [0.25, 0.3) is 6.08 Å². The van der Waals surface area contributed by atoms with Gasteiger partial charge < -0.3 is 5.11 Å². The number of amides is 1. The van der Waals surface area contributed by atoms with Gasteiger partial charge in [0.15, 0.2) is 15.9 Å². The lowest BCUT2D eigenvalue weighted by atomic mass is 9.96. The van der Waals surface area contributed by atoms with Gasteiger partial charge in [-0.2, -0.15) is 0 Å². The molecule has 6 nitrogen and oxygen atoms in total. The van der Waals surface area contributed by atoms with Crippen LogP contribution < -0.4 is 4.90 Å². The highest BCUT2D eigenvalue weighted by atomic mass is 79.9. The lowest BCUT2D eigenvalue weighted by Gasteiger charge is -2.23. The van der Waals surface area contributed by atoms with Gasteiger partial charge >= 0.3 is 0 Å². The number of carbonyl (C=O) groups is 2. The summed E-state index contributed by atoms with van der Waals surface area (Å²) in [5, 5.41) is 20.4. The van der Waals surface area contributed by atoms with Crippen LogP contribution in [-0.4, -0.2) is 27.0 Å². The van der Waals surface area contributed by atoms with Gasteiger partial charge in [0.05, 0.1) is 11.6 Å². The number of aromatic nitrogens is 2. The number of halogens is 2. The van der Waals surface area contributed by atoms with Gasteiger partial charge in [0.1, 0.15) is 0 Å². The highest BCUT2D eigenvalue weighted by Crippen LogP contribution is 2.43. The van der Waals surface area contributed by atoms with Gasteiger partial charge in [-0.1, -0.05) is 111 Å². The highest BCUT2D eigenvalue weighted by Gasteiger charge is 2.45. The first-order valence-electron chi connectivity index (χ1n) is 11.4. The SMILES string of the molecule is O=C(/C=C/c1ccccc1)C1=C(O)C(=O)N(c2nnc(SCc3ccc(Cl)cc3)s2)C1c1cccc(Br)c1. The smallest absolute Gasteiger partial charge is 0.296 e. The first-order valence-corrected chi connectivity index (χ1v) is 14.4.